The Kier molecular flexibility index (Phi) is 3.76. The Bertz CT molecular complexity index is 348. The number of nitrogens with two attached hydrogens (primary N) is 1. The number of anilines is 1. The van der Waals surface area contributed by atoms with Crippen molar-refractivity contribution >= 4 is 21.7 Å². The van der Waals surface area contributed by atoms with Crippen molar-refractivity contribution in [1.29, 1.82) is 0 Å². The predicted molar refractivity (Wildman–Crippen MR) is 68.3 cm³/mol. The maximum atomic E-state index is 5.93. The molecule has 0 radical (unpaired) electrons. The fourth-order valence-electron chi connectivity index (χ4n) is 2.18. The van der Waals surface area contributed by atoms with Gasteiger partial charge in [-0.25, -0.2) is 9.97 Å². The molecule has 1 aliphatic heterocycles. The van der Waals surface area contributed by atoms with Crippen molar-refractivity contribution in [2.75, 3.05) is 18.0 Å². The number of rotatable bonds is 2. The van der Waals surface area contributed by atoms with E-state index in [0.29, 0.717) is 12.0 Å². The first kappa shape index (κ1) is 11.8. The molecule has 2 N–H and O–H groups in total. The van der Waals surface area contributed by atoms with Gasteiger partial charge in [-0.3, -0.25) is 0 Å². The highest BCUT2D eigenvalue weighted by atomic mass is 79.9. The maximum Gasteiger partial charge on any atom is 0.146 e. The van der Waals surface area contributed by atoms with E-state index in [4.69, 9.17) is 5.73 Å². The minimum absolute atomic E-state index is 0.302. The second-order valence-corrected chi connectivity index (χ2v) is 5.23. The van der Waals surface area contributed by atoms with Gasteiger partial charge in [0, 0.05) is 25.3 Å². The average Bonchev–Trinajstić information content (AvgIpc) is 2.30. The molecule has 16 heavy (non-hydrogen) atoms. The molecule has 1 aliphatic rings. The van der Waals surface area contributed by atoms with E-state index in [-0.39, 0.29) is 0 Å². The third-order valence-corrected chi connectivity index (χ3v) is 3.79. The molecule has 0 bridgehead atoms. The van der Waals surface area contributed by atoms with Crippen molar-refractivity contribution in [2.24, 2.45) is 11.7 Å². The van der Waals surface area contributed by atoms with Crippen LogP contribution in [-0.2, 0) is 0 Å². The van der Waals surface area contributed by atoms with Gasteiger partial charge in [0.2, 0.25) is 0 Å². The number of piperidine rings is 1. The first-order valence-electron chi connectivity index (χ1n) is 5.64. The van der Waals surface area contributed by atoms with Crippen molar-refractivity contribution in [3.8, 4) is 0 Å². The Morgan fingerprint density at radius 2 is 2.19 bits per heavy atom. The molecule has 2 heterocycles. The Balaban J connectivity index is 2.02. The predicted octanol–water partition coefficient (Wildman–Crippen LogP) is 1.80. The van der Waals surface area contributed by atoms with E-state index in [1.807, 2.05) is 0 Å². The molecule has 88 valence electrons. The molecule has 5 heteroatoms. The van der Waals surface area contributed by atoms with Crippen LogP contribution in [0, 0.1) is 5.92 Å². The van der Waals surface area contributed by atoms with Crippen LogP contribution < -0.4 is 10.6 Å². The lowest BCUT2D eigenvalue weighted by molar-refractivity contribution is 0.353. The summed E-state index contributed by atoms with van der Waals surface area (Å²) in [5.74, 6) is 1.65. The normalized spacial score (nSPS) is 19.8. The quantitative estimate of drug-likeness (QED) is 0.900. The molecule has 1 saturated heterocycles. The molecule has 1 aromatic rings. The van der Waals surface area contributed by atoms with Crippen LogP contribution >= 0.6 is 15.9 Å². The SMILES string of the molecule is CC(N)C1CCN(c2ncncc2Br)CC1. The summed E-state index contributed by atoms with van der Waals surface area (Å²) < 4.78 is 0.967. The van der Waals surface area contributed by atoms with Crippen LogP contribution in [0.2, 0.25) is 0 Å². The third-order valence-electron chi connectivity index (χ3n) is 3.23. The monoisotopic (exact) mass is 284 g/mol. The van der Waals surface area contributed by atoms with Crippen LogP contribution in [0.15, 0.2) is 17.0 Å². The Labute approximate surface area is 104 Å². The van der Waals surface area contributed by atoms with E-state index in [2.05, 4.69) is 37.7 Å². The highest BCUT2D eigenvalue weighted by Gasteiger charge is 2.23. The zero-order valence-electron chi connectivity index (χ0n) is 9.43. The molecule has 2 rings (SSSR count). The Morgan fingerprint density at radius 3 is 2.75 bits per heavy atom. The summed E-state index contributed by atoms with van der Waals surface area (Å²) in [6.07, 6.45) is 5.68. The van der Waals surface area contributed by atoms with Gasteiger partial charge in [0.1, 0.15) is 12.1 Å². The number of hydrogen-bond acceptors (Lipinski definition) is 4. The first-order chi connectivity index (χ1) is 7.68. The molecule has 0 amide bonds. The minimum Gasteiger partial charge on any atom is -0.356 e. The summed E-state index contributed by atoms with van der Waals surface area (Å²) >= 11 is 3.48. The maximum absolute atomic E-state index is 5.93. The van der Waals surface area contributed by atoms with Crippen LogP contribution in [0.3, 0.4) is 0 Å². The van der Waals surface area contributed by atoms with Crippen molar-refractivity contribution < 1.29 is 0 Å². The van der Waals surface area contributed by atoms with E-state index in [0.717, 1.165) is 36.2 Å². The van der Waals surface area contributed by atoms with Crippen LogP contribution in [-0.4, -0.2) is 29.1 Å². The highest BCUT2D eigenvalue weighted by Crippen LogP contribution is 2.27. The summed E-state index contributed by atoms with van der Waals surface area (Å²) in [6.45, 7) is 4.16. The third kappa shape index (κ3) is 2.52. The summed E-state index contributed by atoms with van der Waals surface area (Å²) in [5.41, 5.74) is 5.93. The number of nitrogens with zero attached hydrogens (tertiary/aromatic N) is 3. The van der Waals surface area contributed by atoms with Gasteiger partial charge in [-0.15, -0.1) is 0 Å². The zero-order valence-corrected chi connectivity index (χ0v) is 11.0. The van der Waals surface area contributed by atoms with Gasteiger partial charge in [0.15, 0.2) is 0 Å². The Hall–Kier alpha value is -0.680. The molecule has 1 fully saturated rings. The van der Waals surface area contributed by atoms with Crippen molar-refractivity contribution in [1.82, 2.24) is 9.97 Å². The fraction of sp³-hybridized carbons (Fsp3) is 0.636. The molecule has 0 saturated carbocycles. The van der Waals surface area contributed by atoms with Gasteiger partial charge in [0.25, 0.3) is 0 Å². The molecule has 1 aromatic heterocycles. The Morgan fingerprint density at radius 1 is 1.50 bits per heavy atom. The summed E-state index contributed by atoms with van der Waals surface area (Å²) in [4.78, 5) is 10.6. The topological polar surface area (TPSA) is 55.0 Å². The van der Waals surface area contributed by atoms with Crippen LogP contribution in [0.5, 0.6) is 0 Å². The molecular formula is C11H17BrN4. The first-order valence-corrected chi connectivity index (χ1v) is 6.44. The number of aromatic nitrogens is 2. The van der Waals surface area contributed by atoms with E-state index in [9.17, 15) is 0 Å². The van der Waals surface area contributed by atoms with Crippen molar-refractivity contribution in [3.05, 3.63) is 17.0 Å². The summed E-state index contributed by atoms with van der Waals surface area (Å²) in [7, 11) is 0. The zero-order chi connectivity index (χ0) is 11.5. The smallest absolute Gasteiger partial charge is 0.146 e. The van der Waals surface area contributed by atoms with Crippen molar-refractivity contribution in [2.45, 2.75) is 25.8 Å². The number of halogens is 1. The van der Waals surface area contributed by atoms with Crippen LogP contribution in [0.1, 0.15) is 19.8 Å². The molecule has 1 unspecified atom stereocenters. The molecule has 0 aromatic carbocycles. The molecule has 0 aliphatic carbocycles. The second kappa shape index (κ2) is 5.10. The average molecular weight is 285 g/mol. The van der Waals surface area contributed by atoms with Gasteiger partial charge in [-0.05, 0) is 41.6 Å². The fourth-order valence-corrected chi connectivity index (χ4v) is 2.65. The molecule has 1 atom stereocenters. The van der Waals surface area contributed by atoms with E-state index in [1.165, 1.54) is 0 Å². The van der Waals surface area contributed by atoms with Gasteiger partial charge in [0.05, 0.1) is 4.47 Å². The number of hydrogen-bond donors (Lipinski definition) is 1. The van der Waals surface area contributed by atoms with E-state index >= 15 is 0 Å². The van der Waals surface area contributed by atoms with Gasteiger partial charge in [-0.1, -0.05) is 0 Å². The summed E-state index contributed by atoms with van der Waals surface area (Å²) in [5, 5.41) is 0. The van der Waals surface area contributed by atoms with E-state index in [1.54, 1.807) is 12.5 Å². The largest absolute Gasteiger partial charge is 0.356 e. The summed E-state index contributed by atoms with van der Waals surface area (Å²) in [6, 6.07) is 0.302. The van der Waals surface area contributed by atoms with E-state index < -0.39 is 0 Å². The van der Waals surface area contributed by atoms with Gasteiger partial charge in [-0.2, -0.15) is 0 Å². The lowest BCUT2D eigenvalue weighted by Crippen LogP contribution is -2.40. The second-order valence-electron chi connectivity index (χ2n) is 4.38. The van der Waals surface area contributed by atoms with Crippen molar-refractivity contribution in [3.63, 3.8) is 0 Å². The van der Waals surface area contributed by atoms with Crippen LogP contribution in [0.4, 0.5) is 5.82 Å². The lowest BCUT2D eigenvalue weighted by atomic mass is 9.91. The van der Waals surface area contributed by atoms with Gasteiger partial charge >= 0.3 is 0 Å². The molecular weight excluding hydrogens is 268 g/mol. The van der Waals surface area contributed by atoms with Gasteiger partial charge < -0.3 is 10.6 Å². The molecule has 4 nitrogen and oxygen atoms in total. The minimum atomic E-state index is 0.302. The standard InChI is InChI=1S/C11H17BrN4/c1-8(13)9-2-4-16(5-3-9)11-10(12)6-14-7-15-11/h6-9H,2-5,13H2,1H3. The molecule has 0 spiro atoms. The lowest BCUT2D eigenvalue weighted by Gasteiger charge is -2.34. The highest BCUT2D eigenvalue weighted by molar-refractivity contribution is 9.10. The van der Waals surface area contributed by atoms with Crippen LogP contribution in [0.25, 0.3) is 0 Å².